The molecule has 0 aromatic heterocycles. The summed E-state index contributed by atoms with van der Waals surface area (Å²) in [7, 11) is 0. The number of ether oxygens (including phenoxy) is 3. The van der Waals surface area contributed by atoms with Crippen LogP contribution in [0.5, 0.6) is 17.2 Å². The van der Waals surface area contributed by atoms with Crippen LogP contribution in [0.3, 0.4) is 0 Å². The van der Waals surface area contributed by atoms with Gasteiger partial charge < -0.3 is 31.4 Å². The van der Waals surface area contributed by atoms with Gasteiger partial charge in [0.1, 0.15) is 17.2 Å². The second-order valence-corrected chi connectivity index (χ2v) is 5.35. The Morgan fingerprint density at radius 1 is 0.440 bits per heavy atom. The summed E-state index contributed by atoms with van der Waals surface area (Å²) in [5.41, 5.74) is 19.0. The lowest BCUT2D eigenvalue weighted by atomic mass is 10.3. The zero-order valence-electron chi connectivity index (χ0n) is 13.5. The van der Waals surface area contributed by atoms with Crippen molar-refractivity contribution in [2.75, 3.05) is 17.2 Å². The average Bonchev–Trinajstić information content (AvgIpc) is 2.61. The van der Waals surface area contributed by atoms with E-state index in [1.807, 2.05) is 0 Å². The van der Waals surface area contributed by atoms with Crippen molar-refractivity contribution in [1.82, 2.24) is 0 Å². The first kappa shape index (κ1) is 16.3. The summed E-state index contributed by atoms with van der Waals surface area (Å²) in [4.78, 5) is 0. The predicted octanol–water partition coefficient (Wildman–Crippen LogP) is 3.25. The lowest BCUT2D eigenvalue weighted by molar-refractivity contribution is -0.140. The van der Waals surface area contributed by atoms with Crippen molar-refractivity contribution in [2.45, 2.75) is 6.48 Å². The Bertz CT molecular complexity index is 690. The number of nitrogens with two attached hydrogens (primary N) is 3. The van der Waals surface area contributed by atoms with Gasteiger partial charge in [-0.2, -0.15) is 0 Å². The maximum atomic E-state index is 5.78. The molecule has 0 aliphatic heterocycles. The monoisotopic (exact) mass is 337 g/mol. The van der Waals surface area contributed by atoms with Crippen molar-refractivity contribution in [3.63, 3.8) is 0 Å². The smallest absolute Gasteiger partial charge is 0.406 e. The Hall–Kier alpha value is -3.54. The molecule has 128 valence electrons. The topological polar surface area (TPSA) is 106 Å². The molecule has 0 spiro atoms. The van der Waals surface area contributed by atoms with E-state index in [0.29, 0.717) is 34.3 Å². The van der Waals surface area contributed by atoms with Gasteiger partial charge in [-0.3, -0.25) is 0 Å². The Labute approximate surface area is 145 Å². The van der Waals surface area contributed by atoms with Crippen molar-refractivity contribution >= 4 is 17.1 Å². The standard InChI is InChI=1S/C19H19N3O3/c20-13-1-7-16(8-2-13)23-19(24-17-9-3-14(21)4-10-17)25-18-11-5-15(22)6-12-18/h1-12,19H,20-22H2. The van der Waals surface area contributed by atoms with Crippen LogP contribution in [0.15, 0.2) is 72.8 Å². The van der Waals surface area contributed by atoms with Crippen LogP contribution in [-0.4, -0.2) is 6.48 Å². The fourth-order valence-corrected chi connectivity index (χ4v) is 2.04. The number of benzene rings is 3. The maximum absolute atomic E-state index is 5.78. The molecule has 6 N–H and O–H groups in total. The molecule has 3 rings (SSSR count). The van der Waals surface area contributed by atoms with E-state index in [1.165, 1.54) is 0 Å². The molecule has 3 aromatic rings. The summed E-state index contributed by atoms with van der Waals surface area (Å²) in [6.45, 7) is -1.00. The molecule has 0 unspecified atom stereocenters. The lowest BCUT2D eigenvalue weighted by Gasteiger charge is -2.21. The first-order valence-corrected chi connectivity index (χ1v) is 7.65. The molecular weight excluding hydrogens is 318 g/mol. The summed E-state index contributed by atoms with van der Waals surface area (Å²) in [6.07, 6.45) is 0. The first-order chi connectivity index (χ1) is 12.1. The molecule has 6 nitrogen and oxygen atoms in total. The van der Waals surface area contributed by atoms with Crippen molar-refractivity contribution in [3.8, 4) is 17.2 Å². The van der Waals surface area contributed by atoms with Crippen molar-refractivity contribution < 1.29 is 14.2 Å². The van der Waals surface area contributed by atoms with Gasteiger partial charge in [0.15, 0.2) is 0 Å². The number of nitrogen functional groups attached to an aromatic ring is 3. The van der Waals surface area contributed by atoms with Crippen molar-refractivity contribution in [3.05, 3.63) is 72.8 Å². The largest absolute Gasteiger partial charge is 0.423 e. The quantitative estimate of drug-likeness (QED) is 0.471. The third-order valence-corrected chi connectivity index (χ3v) is 3.34. The molecule has 0 aliphatic carbocycles. The highest BCUT2D eigenvalue weighted by Gasteiger charge is 2.15. The summed E-state index contributed by atoms with van der Waals surface area (Å²) in [5.74, 6) is 1.68. The summed E-state index contributed by atoms with van der Waals surface area (Å²) in [6, 6.07) is 20.8. The third-order valence-electron chi connectivity index (χ3n) is 3.34. The molecule has 25 heavy (non-hydrogen) atoms. The Morgan fingerprint density at radius 2 is 0.680 bits per heavy atom. The number of rotatable bonds is 6. The third kappa shape index (κ3) is 4.71. The van der Waals surface area contributed by atoms with E-state index in [2.05, 4.69) is 0 Å². The van der Waals surface area contributed by atoms with Crippen LogP contribution in [0.25, 0.3) is 0 Å². The van der Waals surface area contributed by atoms with E-state index < -0.39 is 6.48 Å². The van der Waals surface area contributed by atoms with Crippen LogP contribution in [0.1, 0.15) is 0 Å². The number of anilines is 3. The van der Waals surface area contributed by atoms with E-state index in [0.717, 1.165) is 0 Å². The highest BCUT2D eigenvalue weighted by atomic mass is 16.8. The Kier molecular flexibility index (Phi) is 4.80. The van der Waals surface area contributed by atoms with Crippen LogP contribution >= 0.6 is 0 Å². The molecule has 0 heterocycles. The Balaban J connectivity index is 1.77. The first-order valence-electron chi connectivity index (χ1n) is 7.65. The maximum Gasteiger partial charge on any atom is 0.406 e. The van der Waals surface area contributed by atoms with Gasteiger partial charge in [0.2, 0.25) is 0 Å². The van der Waals surface area contributed by atoms with Crippen LogP contribution in [0, 0.1) is 0 Å². The second-order valence-electron chi connectivity index (χ2n) is 5.35. The van der Waals surface area contributed by atoms with Crippen molar-refractivity contribution in [1.29, 1.82) is 0 Å². The molecule has 0 radical (unpaired) electrons. The SMILES string of the molecule is Nc1ccc(OC(Oc2ccc(N)cc2)Oc2ccc(N)cc2)cc1. The predicted molar refractivity (Wildman–Crippen MR) is 98.2 cm³/mol. The minimum atomic E-state index is -1.00. The van der Waals surface area contributed by atoms with Gasteiger partial charge in [-0.1, -0.05) is 0 Å². The average molecular weight is 337 g/mol. The zero-order chi connectivity index (χ0) is 17.6. The number of hydrogen-bond donors (Lipinski definition) is 3. The summed E-state index contributed by atoms with van der Waals surface area (Å²) in [5, 5.41) is 0. The molecule has 3 aromatic carbocycles. The molecule has 6 heteroatoms. The normalized spacial score (nSPS) is 10.4. The molecule has 0 saturated carbocycles. The van der Waals surface area contributed by atoms with Gasteiger partial charge >= 0.3 is 6.48 Å². The van der Waals surface area contributed by atoms with Crippen LogP contribution in [-0.2, 0) is 0 Å². The highest BCUT2D eigenvalue weighted by molar-refractivity contribution is 5.43. The van der Waals surface area contributed by atoms with Gasteiger partial charge in [-0.25, -0.2) is 0 Å². The van der Waals surface area contributed by atoms with Crippen molar-refractivity contribution in [2.24, 2.45) is 0 Å². The second kappa shape index (κ2) is 7.35. The van der Waals surface area contributed by atoms with E-state index in [-0.39, 0.29) is 0 Å². The van der Waals surface area contributed by atoms with Crippen LogP contribution < -0.4 is 31.4 Å². The van der Waals surface area contributed by atoms with Crippen LogP contribution in [0.2, 0.25) is 0 Å². The van der Waals surface area contributed by atoms with Gasteiger partial charge in [0, 0.05) is 17.1 Å². The summed E-state index contributed by atoms with van der Waals surface area (Å²) >= 11 is 0. The van der Waals surface area contributed by atoms with Crippen LogP contribution in [0.4, 0.5) is 17.1 Å². The van der Waals surface area contributed by atoms with Gasteiger partial charge in [0.25, 0.3) is 0 Å². The molecule has 0 saturated heterocycles. The molecular formula is C19H19N3O3. The fourth-order valence-electron chi connectivity index (χ4n) is 2.04. The van der Waals surface area contributed by atoms with E-state index in [9.17, 15) is 0 Å². The van der Waals surface area contributed by atoms with Gasteiger partial charge in [-0.05, 0) is 72.8 Å². The lowest BCUT2D eigenvalue weighted by Crippen LogP contribution is -2.30. The molecule has 0 bridgehead atoms. The molecule has 0 fully saturated rings. The zero-order valence-corrected chi connectivity index (χ0v) is 13.5. The minimum absolute atomic E-state index is 0.560. The Morgan fingerprint density at radius 3 is 0.920 bits per heavy atom. The van der Waals surface area contributed by atoms with E-state index in [1.54, 1.807) is 72.8 Å². The fraction of sp³-hybridized carbons (Fsp3) is 0.0526. The summed E-state index contributed by atoms with van der Waals surface area (Å²) < 4.78 is 17.3. The van der Waals surface area contributed by atoms with E-state index >= 15 is 0 Å². The van der Waals surface area contributed by atoms with E-state index in [4.69, 9.17) is 31.4 Å². The number of hydrogen-bond acceptors (Lipinski definition) is 6. The molecule has 0 aliphatic rings. The minimum Gasteiger partial charge on any atom is -0.423 e. The highest BCUT2D eigenvalue weighted by Crippen LogP contribution is 2.22. The molecule has 0 amide bonds. The van der Waals surface area contributed by atoms with Gasteiger partial charge in [-0.15, -0.1) is 0 Å². The van der Waals surface area contributed by atoms with Gasteiger partial charge in [0.05, 0.1) is 0 Å². The molecule has 0 atom stereocenters.